The van der Waals surface area contributed by atoms with E-state index < -0.39 is 0 Å². The van der Waals surface area contributed by atoms with Crippen LogP contribution in [0.5, 0.6) is 0 Å². The van der Waals surface area contributed by atoms with Crippen LogP contribution >= 0.6 is 15.9 Å². The fraction of sp³-hybridized carbons (Fsp3) is 0.571. The molecular formula is C14H21BrN2. The van der Waals surface area contributed by atoms with E-state index in [9.17, 15) is 0 Å². The van der Waals surface area contributed by atoms with Crippen molar-refractivity contribution in [2.75, 3.05) is 20.1 Å². The molecule has 1 aromatic rings. The molecular weight excluding hydrogens is 276 g/mol. The van der Waals surface area contributed by atoms with Crippen molar-refractivity contribution in [3.05, 3.63) is 34.3 Å². The third-order valence-corrected chi connectivity index (χ3v) is 3.86. The maximum Gasteiger partial charge on any atom is 0.0307 e. The molecule has 3 heteroatoms. The zero-order chi connectivity index (χ0) is 12.3. The standard InChI is InChI=1S/C14H21BrN2/c1-17(10-11-5-6-11)8-7-14(16)12-3-2-4-13(15)9-12/h2-4,9,11,14H,5-8,10,16H2,1H3. The van der Waals surface area contributed by atoms with Gasteiger partial charge in [-0.15, -0.1) is 0 Å². The molecule has 1 unspecified atom stereocenters. The number of hydrogen-bond acceptors (Lipinski definition) is 2. The number of hydrogen-bond donors (Lipinski definition) is 1. The highest BCUT2D eigenvalue weighted by atomic mass is 79.9. The van der Waals surface area contributed by atoms with Gasteiger partial charge in [-0.1, -0.05) is 28.1 Å². The Hall–Kier alpha value is -0.380. The highest BCUT2D eigenvalue weighted by Crippen LogP contribution is 2.29. The number of nitrogens with two attached hydrogens (primary N) is 1. The highest BCUT2D eigenvalue weighted by Gasteiger charge is 2.22. The highest BCUT2D eigenvalue weighted by molar-refractivity contribution is 9.10. The van der Waals surface area contributed by atoms with Gasteiger partial charge in [-0.3, -0.25) is 0 Å². The van der Waals surface area contributed by atoms with Gasteiger partial charge in [0.15, 0.2) is 0 Å². The van der Waals surface area contributed by atoms with Crippen molar-refractivity contribution in [3.63, 3.8) is 0 Å². The maximum absolute atomic E-state index is 6.21. The first-order valence-corrected chi connectivity index (χ1v) is 7.14. The molecule has 0 radical (unpaired) electrons. The molecule has 94 valence electrons. The summed E-state index contributed by atoms with van der Waals surface area (Å²) in [6.45, 7) is 2.33. The van der Waals surface area contributed by atoms with Crippen LogP contribution in [0.25, 0.3) is 0 Å². The van der Waals surface area contributed by atoms with Gasteiger partial charge < -0.3 is 10.6 Å². The molecule has 2 rings (SSSR count). The van der Waals surface area contributed by atoms with Gasteiger partial charge in [0.25, 0.3) is 0 Å². The number of rotatable bonds is 6. The smallest absolute Gasteiger partial charge is 0.0307 e. The molecule has 0 spiro atoms. The SMILES string of the molecule is CN(CCC(N)c1cccc(Br)c1)CC1CC1. The summed E-state index contributed by atoms with van der Waals surface area (Å²) >= 11 is 3.49. The third-order valence-electron chi connectivity index (χ3n) is 3.37. The first-order chi connectivity index (χ1) is 8.15. The fourth-order valence-electron chi connectivity index (χ4n) is 2.10. The summed E-state index contributed by atoms with van der Waals surface area (Å²) in [5.74, 6) is 0.960. The van der Waals surface area contributed by atoms with Crippen molar-refractivity contribution in [2.24, 2.45) is 11.7 Å². The van der Waals surface area contributed by atoms with Gasteiger partial charge in [0.2, 0.25) is 0 Å². The van der Waals surface area contributed by atoms with Crippen LogP contribution in [0.4, 0.5) is 0 Å². The second-order valence-electron chi connectivity index (χ2n) is 5.16. The van der Waals surface area contributed by atoms with Crippen molar-refractivity contribution in [3.8, 4) is 0 Å². The van der Waals surface area contributed by atoms with Crippen LogP contribution in [0.3, 0.4) is 0 Å². The fourth-order valence-corrected chi connectivity index (χ4v) is 2.51. The zero-order valence-corrected chi connectivity index (χ0v) is 12.0. The summed E-state index contributed by atoms with van der Waals surface area (Å²) in [4.78, 5) is 2.41. The summed E-state index contributed by atoms with van der Waals surface area (Å²) in [6, 6.07) is 8.46. The minimum atomic E-state index is 0.147. The van der Waals surface area contributed by atoms with Gasteiger partial charge in [0.05, 0.1) is 0 Å². The molecule has 0 saturated heterocycles. The van der Waals surface area contributed by atoms with E-state index in [0.29, 0.717) is 0 Å². The molecule has 1 saturated carbocycles. The van der Waals surface area contributed by atoms with Crippen molar-refractivity contribution in [1.82, 2.24) is 4.90 Å². The molecule has 1 aliphatic rings. The molecule has 17 heavy (non-hydrogen) atoms. The maximum atomic E-state index is 6.21. The van der Waals surface area contributed by atoms with E-state index in [1.54, 1.807) is 0 Å². The predicted octanol–water partition coefficient (Wildman–Crippen LogP) is 3.18. The quantitative estimate of drug-likeness (QED) is 0.874. The Balaban J connectivity index is 1.77. The van der Waals surface area contributed by atoms with Crippen LogP contribution in [0.1, 0.15) is 30.9 Å². The van der Waals surface area contributed by atoms with Gasteiger partial charge in [-0.25, -0.2) is 0 Å². The molecule has 2 N–H and O–H groups in total. The van der Waals surface area contributed by atoms with Crippen LogP contribution in [-0.2, 0) is 0 Å². The minimum Gasteiger partial charge on any atom is -0.324 e. The number of halogens is 1. The zero-order valence-electron chi connectivity index (χ0n) is 10.4. The van der Waals surface area contributed by atoms with Crippen LogP contribution < -0.4 is 5.73 Å². The molecule has 1 aliphatic carbocycles. The molecule has 0 aromatic heterocycles. The van der Waals surface area contributed by atoms with Crippen LogP contribution in [0.15, 0.2) is 28.7 Å². The topological polar surface area (TPSA) is 29.3 Å². The molecule has 0 heterocycles. The predicted molar refractivity (Wildman–Crippen MR) is 75.9 cm³/mol. The molecule has 2 nitrogen and oxygen atoms in total. The second kappa shape index (κ2) is 5.98. The summed E-state index contributed by atoms with van der Waals surface area (Å²) in [7, 11) is 2.20. The Morgan fingerprint density at radius 3 is 2.88 bits per heavy atom. The molecule has 1 fully saturated rings. The second-order valence-corrected chi connectivity index (χ2v) is 6.07. The van der Waals surface area contributed by atoms with Gasteiger partial charge in [0.1, 0.15) is 0 Å². The van der Waals surface area contributed by atoms with E-state index in [0.717, 1.165) is 23.4 Å². The lowest BCUT2D eigenvalue weighted by Gasteiger charge is -2.19. The first kappa shape index (κ1) is 13.1. The van der Waals surface area contributed by atoms with Gasteiger partial charge in [0, 0.05) is 17.1 Å². The lowest BCUT2D eigenvalue weighted by Crippen LogP contribution is -2.25. The summed E-state index contributed by atoms with van der Waals surface area (Å²) in [5, 5.41) is 0. The van der Waals surface area contributed by atoms with Crippen molar-refractivity contribution in [1.29, 1.82) is 0 Å². The molecule has 1 atom stereocenters. The molecule has 0 amide bonds. The average Bonchev–Trinajstić information content (AvgIpc) is 3.10. The van der Waals surface area contributed by atoms with E-state index in [2.05, 4.69) is 40.0 Å². The van der Waals surface area contributed by atoms with Crippen LogP contribution in [0, 0.1) is 5.92 Å². The van der Waals surface area contributed by atoms with Crippen molar-refractivity contribution >= 4 is 15.9 Å². The Kier molecular flexibility index (Phi) is 4.60. The monoisotopic (exact) mass is 296 g/mol. The van der Waals surface area contributed by atoms with Crippen LogP contribution in [0.2, 0.25) is 0 Å². The van der Waals surface area contributed by atoms with E-state index >= 15 is 0 Å². The normalized spacial score (nSPS) is 17.4. The third kappa shape index (κ3) is 4.41. The summed E-state index contributed by atoms with van der Waals surface area (Å²) < 4.78 is 1.11. The number of benzene rings is 1. The van der Waals surface area contributed by atoms with Gasteiger partial charge >= 0.3 is 0 Å². The molecule has 0 aliphatic heterocycles. The van der Waals surface area contributed by atoms with Gasteiger partial charge in [-0.2, -0.15) is 0 Å². The largest absolute Gasteiger partial charge is 0.324 e. The molecule has 1 aromatic carbocycles. The van der Waals surface area contributed by atoms with E-state index in [4.69, 9.17) is 5.73 Å². The van der Waals surface area contributed by atoms with E-state index in [-0.39, 0.29) is 6.04 Å². The Morgan fingerprint density at radius 1 is 1.47 bits per heavy atom. The average molecular weight is 297 g/mol. The Labute approximate surface area is 112 Å². The Bertz CT molecular complexity index is 363. The van der Waals surface area contributed by atoms with Crippen LogP contribution in [-0.4, -0.2) is 25.0 Å². The molecule has 0 bridgehead atoms. The number of nitrogens with zero attached hydrogens (tertiary/aromatic N) is 1. The Morgan fingerprint density at radius 2 is 2.24 bits per heavy atom. The van der Waals surface area contributed by atoms with Crippen molar-refractivity contribution < 1.29 is 0 Å². The van der Waals surface area contributed by atoms with Gasteiger partial charge in [-0.05, 0) is 56.5 Å². The minimum absolute atomic E-state index is 0.147. The van der Waals surface area contributed by atoms with Crippen molar-refractivity contribution in [2.45, 2.75) is 25.3 Å². The lowest BCUT2D eigenvalue weighted by molar-refractivity contribution is 0.306. The first-order valence-electron chi connectivity index (χ1n) is 6.35. The van der Waals surface area contributed by atoms with E-state index in [1.165, 1.54) is 24.9 Å². The summed E-state index contributed by atoms with van der Waals surface area (Å²) in [5.41, 5.74) is 7.43. The lowest BCUT2D eigenvalue weighted by atomic mass is 10.0. The van der Waals surface area contributed by atoms with E-state index in [1.807, 2.05) is 12.1 Å². The summed E-state index contributed by atoms with van der Waals surface area (Å²) in [6.07, 6.45) is 3.86.